The highest BCUT2D eigenvalue weighted by atomic mass is 35.5. The second-order valence-corrected chi connectivity index (χ2v) is 6.82. The summed E-state index contributed by atoms with van der Waals surface area (Å²) in [5.74, 6) is 0.787. The molecular weight excluding hydrogens is 368 g/mol. The number of hydrogen-bond acceptors (Lipinski definition) is 5. The summed E-state index contributed by atoms with van der Waals surface area (Å²) in [5, 5.41) is 7.31. The van der Waals surface area contributed by atoms with E-state index in [4.69, 9.17) is 16.1 Å². The zero-order valence-electron chi connectivity index (χ0n) is 14.9. The van der Waals surface area contributed by atoms with Crippen LogP contribution >= 0.6 is 11.6 Å². The fourth-order valence-corrected chi connectivity index (χ4v) is 3.17. The van der Waals surface area contributed by atoms with Gasteiger partial charge in [0, 0.05) is 36.6 Å². The van der Waals surface area contributed by atoms with Crippen LogP contribution < -0.4 is 5.32 Å². The van der Waals surface area contributed by atoms with Crippen molar-refractivity contribution < 1.29 is 14.1 Å². The van der Waals surface area contributed by atoms with E-state index in [2.05, 4.69) is 22.0 Å². The van der Waals surface area contributed by atoms with Gasteiger partial charge in [-0.05, 0) is 43.2 Å². The highest BCUT2D eigenvalue weighted by Gasteiger charge is 2.28. The van der Waals surface area contributed by atoms with Crippen LogP contribution in [0.25, 0.3) is 11.4 Å². The summed E-state index contributed by atoms with van der Waals surface area (Å²) in [4.78, 5) is 29.8. The largest absolute Gasteiger partial charge is 0.352 e. The highest BCUT2D eigenvalue weighted by Crippen LogP contribution is 2.28. The topological polar surface area (TPSA) is 88.3 Å². The van der Waals surface area contributed by atoms with Crippen molar-refractivity contribution in [1.29, 1.82) is 0 Å². The number of amides is 2. The van der Waals surface area contributed by atoms with E-state index >= 15 is 0 Å². The van der Waals surface area contributed by atoms with E-state index in [0.29, 0.717) is 36.4 Å². The van der Waals surface area contributed by atoms with E-state index in [9.17, 15) is 9.59 Å². The van der Waals surface area contributed by atoms with Gasteiger partial charge in [-0.3, -0.25) is 9.59 Å². The van der Waals surface area contributed by atoms with Crippen LogP contribution in [0.1, 0.15) is 31.1 Å². The third-order valence-electron chi connectivity index (χ3n) is 4.49. The molecule has 0 aliphatic carbocycles. The van der Waals surface area contributed by atoms with Crippen molar-refractivity contribution in [3.8, 4) is 11.4 Å². The van der Waals surface area contributed by atoms with Gasteiger partial charge in [0.2, 0.25) is 23.5 Å². The molecule has 2 heterocycles. The van der Waals surface area contributed by atoms with Crippen molar-refractivity contribution in [2.75, 3.05) is 19.6 Å². The van der Waals surface area contributed by atoms with Gasteiger partial charge in [0.25, 0.3) is 0 Å². The Hall–Kier alpha value is -2.67. The van der Waals surface area contributed by atoms with Crippen LogP contribution in [-0.4, -0.2) is 46.5 Å². The molecule has 8 heteroatoms. The molecule has 7 nitrogen and oxygen atoms in total. The minimum atomic E-state index is -0.278. The van der Waals surface area contributed by atoms with E-state index in [1.165, 1.54) is 6.08 Å². The lowest BCUT2D eigenvalue weighted by molar-refractivity contribution is -0.132. The summed E-state index contributed by atoms with van der Waals surface area (Å²) in [6, 6.07) is 7.23. The Bertz CT molecular complexity index is 819. The molecule has 1 saturated heterocycles. The number of benzene rings is 1. The molecule has 1 aromatic carbocycles. The zero-order chi connectivity index (χ0) is 19.2. The van der Waals surface area contributed by atoms with Gasteiger partial charge in [0.05, 0.1) is 5.92 Å². The molecule has 3 rings (SSSR count). The Morgan fingerprint density at radius 2 is 2.15 bits per heavy atom. The maximum absolute atomic E-state index is 12.4. The maximum atomic E-state index is 12.4. The second-order valence-electron chi connectivity index (χ2n) is 6.39. The first-order chi connectivity index (χ1) is 13.1. The average molecular weight is 389 g/mol. The molecule has 1 unspecified atom stereocenters. The molecule has 1 aromatic heterocycles. The molecule has 142 valence electrons. The van der Waals surface area contributed by atoms with Crippen LogP contribution in [0.15, 0.2) is 41.4 Å². The summed E-state index contributed by atoms with van der Waals surface area (Å²) in [6.45, 7) is 4.92. The molecule has 1 fully saturated rings. The van der Waals surface area contributed by atoms with E-state index < -0.39 is 0 Å². The number of rotatable bonds is 6. The Balaban J connectivity index is 1.59. The van der Waals surface area contributed by atoms with Crippen LogP contribution in [0.5, 0.6) is 0 Å². The number of carbonyl (C=O) groups is 2. The van der Waals surface area contributed by atoms with Gasteiger partial charge in [-0.1, -0.05) is 23.3 Å². The molecule has 1 aliphatic heterocycles. The van der Waals surface area contributed by atoms with Gasteiger partial charge < -0.3 is 14.7 Å². The van der Waals surface area contributed by atoms with Crippen molar-refractivity contribution in [2.45, 2.75) is 25.2 Å². The van der Waals surface area contributed by atoms with Gasteiger partial charge >= 0.3 is 0 Å². The van der Waals surface area contributed by atoms with Gasteiger partial charge in [0.1, 0.15) is 0 Å². The standard InChI is InChI=1S/C19H21ClN4O3/c1-2-16(25)21-10-9-17(26)24-11-3-4-14(12-24)19-22-18(23-27-19)13-5-7-15(20)8-6-13/h2,5-8,14H,1,3-4,9-12H2,(H,21,25). The Labute approximate surface area is 162 Å². The maximum Gasteiger partial charge on any atom is 0.243 e. The zero-order valence-corrected chi connectivity index (χ0v) is 15.6. The molecule has 0 saturated carbocycles. The molecule has 0 radical (unpaired) electrons. The molecule has 1 N–H and O–H groups in total. The molecular formula is C19H21ClN4O3. The second kappa shape index (κ2) is 8.81. The van der Waals surface area contributed by atoms with Crippen LogP contribution in [-0.2, 0) is 9.59 Å². The number of hydrogen-bond donors (Lipinski definition) is 1. The lowest BCUT2D eigenvalue weighted by atomic mass is 9.97. The molecule has 2 amide bonds. The molecule has 1 aliphatic rings. The monoisotopic (exact) mass is 388 g/mol. The van der Waals surface area contributed by atoms with Crippen LogP contribution in [0.3, 0.4) is 0 Å². The van der Waals surface area contributed by atoms with E-state index in [1.54, 1.807) is 17.0 Å². The summed E-state index contributed by atoms with van der Waals surface area (Å²) >= 11 is 5.90. The smallest absolute Gasteiger partial charge is 0.243 e. The number of nitrogens with zero attached hydrogens (tertiary/aromatic N) is 3. The molecule has 0 bridgehead atoms. The quantitative estimate of drug-likeness (QED) is 0.768. The van der Waals surface area contributed by atoms with Gasteiger partial charge in [-0.25, -0.2) is 0 Å². The first-order valence-electron chi connectivity index (χ1n) is 8.84. The minimum Gasteiger partial charge on any atom is -0.352 e. The number of piperidine rings is 1. The summed E-state index contributed by atoms with van der Waals surface area (Å²) in [6.07, 6.45) is 3.20. The third-order valence-corrected chi connectivity index (χ3v) is 4.74. The van der Waals surface area contributed by atoms with Crippen molar-refractivity contribution in [2.24, 2.45) is 0 Å². The Morgan fingerprint density at radius 1 is 1.37 bits per heavy atom. The average Bonchev–Trinajstić information content (AvgIpc) is 3.18. The van der Waals surface area contributed by atoms with Gasteiger partial charge in [-0.2, -0.15) is 4.98 Å². The highest BCUT2D eigenvalue weighted by molar-refractivity contribution is 6.30. The first kappa shape index (κ1) is 19.1. The van der Waals surface area contributed by atoms with Crippen LogP contribution in [0.2, 0.25) is 5.02 Å². The molecule has 1 atom stereocenters. The van der Waals surface area contributed by atoms with Crippen LogP contribution in [0.4, 0.5) is 0 Å². The SMILES string of the molecule is C=CC(=O)NCCC(=O)N1CCCC(c2nc(-c3ccc(Cl)cc3)no2)C1. The van der Waals surface area contributed by atoms with E-state index in [0.717, 1.165) is 18.4 Å². The van der Waals surface area contributed by atoms with Gasteiger partial charge in [-0.15, -0.1) is 0 Å². The fourth-order valence-electron chi connectivity index (χ4n) is 3.05. The van der Waals surface area contributed by atoms with E-state index in [-0.39, 0.29) is 24.2 Å². The number of nitrogens with one attached hydrogen (secondary N) is 1. The molecule has 0 spiro atoms. The number of aromatic nitrogens is 2. The Morgan fingerprint density at radius 3 is 2.89 bits per heavy atom. The number of halogens is 1. The van der Waals surface area contributed by atoms with Crippen molar-refractivity contribution >= 4 is 23.4 Å². The third kappa shape index (κ3) is 4.95. The minimum absolute atomic E-state index is 0.00139. The normalized spacial score (nSPS) is 16.8. The predicted molar refractivity (Wildman–Crippen MR) is 101 cm³/mol. The lowest BCUT2D eigenvalue weighted by Crippen LogP contribution is -2.40. The first-order valence-corrected chi connectivity index (χ1v) is 9.22. The summed E-state index contributed by atoms with van der Waals surface area (Å²) < 4.78 is 5.44. The summed E-state index contributed by atoms with van der Waals surface area (Å²) in [5.41, 5.74) is 0.830. The van der Waals surface area contributed by atoms with Gasteiger partial charge in [0.15, 0.2) is 0 Å². The number of carbonyl (C=O) groups excluding carboxylic acids is 2. The number of likely N-dealkylation sites (tertiary alicyclic amines) is 1. The van der Waals surface area contributed by atoms with E-state index in [1.807, 2.05) is 12.1 Å². The Kier molecular flexibility index (Phi) is 6.24. The lowest BCUT2D eigenvalue weighted by Gasteiger charge is -2.31. The van der Waals surface area contributed by atoms with Crippen molar-refractivity contribution in [1.82, 2.24) is 20.4 Å². The van der Waals surface area contributed by atoms with Crippen molar-refractivity contribution in [3.05, 3.63) is 47.8 Å². The molecule has 27 heavy (non-hydrogen) atoms. The molecule has 2 aromatic rings. The fraction of sp³-hybridized carbons (Fsp3) is 0.368. The van der Waals surface area contributed by atoms with Crippen molar-refractivity contribution in [3.63, 3.8) is 0 Å². The van der Waals surface area contributed by atoms with Crippen LogP contribution in [0, 0.1) is 0 Å². The predicted octanol–water partition coefficient (Wildman–Crippen LogP) is 2.79. The summed E-state index contributed by atoms with van der Waals surface area (Å²) in [7, 11) is 0.